The van der Waals surface area contributed by atoms with Crippen molar-refractivity contribution in [3.8, 4) is 5.75 Å². The van der Waals surface area contributed by atoms with Gasteiger partial charge in [-0.3, -0.25) is 19.9 Å². The van der Waals surface area contributed by atoms with Crippen LogP contribution in [0.5, 0.6) is 5.75 Å². The molecule has 4 rings (SSSR count). The molecular formula is C27H23F5N4O3S. The number of carbonyl (C=O) groups excluding carboxylic acids is 2. The van der Waals surface area contributed by atoms with Crippen molar-refractivity contribution in [2.75, 3.05) is 17.3 Å². The number of ether oxygens (including phenoxy) is 1. The summed E-state index contributed by atoms with van der Waals surface area (Å²) >= 11 is 5.34. The van der Waals surface area contributed by atoms with E-state index in [-0.39, 0.29) is 11.7 Å². The van der Waals surface area contributed by atoms with Crippen LogP contribution < -0.4 is 15.5 Å². The first kappa shape index (κ1) is 28.7. The van der Waals surface area contributed by atoms with Crippen LogP contribution in [0.3, 0.4) is 0 Å². The second-order valence-electron chi connectivity index (χ2n) is 8.76. The molecule has 0 radical (unpaired) electrons. The Morgan fingerprint density at radius 1 is 0.925 bits per heavy atom. The lowest BCUT2D eigenvalue weighted by Crippen LogP contribution is -2.42. The van der Waals surface area contributed by atoms with Crippen molar-refractivity contribution >= 4 is 40.5 Å². The number of nitrogens with one attached hydrogen (secondary N) is 2. The van der Waals surface area contributed by atoms with Gasteiger partial charge in [0, 0.05) is 5.69 Å². The van der Waals surface area contributed by atoms with E-state index in [0.29, 0.717) is 23.6 Å². The minimum absolute atomic E-state index is 0.0644. The Morgan fingerprint density at radius 3 is 2.12 bits per heavy atom. The molecule has 3 aromatic rings. The van der Waals surface area contributed by atoms with Crippen LogP contribution in [-0.4, -0.2) is 39.5 Å². The van der Waals surface area contributed by atoms with Crippen molar-refractivity contribution in [1.82, 2.24) is 9.91 Å². The van der Waals surface area contributed by atoms with Gasteiger partial charge < -0.3 is 10.1 Å². The normalized spacial score (nSPS) is 15.0. The van der Waals surface area contributed by atoms with Gasteiger partial charge in [0.25, 0.3) is 5.91 Å². The van der Waals surface area contributed by atoms with Crippen molar-refractivity contribution in [3.63, 3.8) is 0 Å². The maximum atomic E-state index is 14.5. The summed E-state index contributed by atoms with van der Waals surface area (Å²) < 4.78 is 75.7. The summed E-state index contributed by atoms with van der Waals surface area (Å²) in [4.78, 5) is 27.3. The van der Waals surface area contributed by atoms with E-state index in [4.69, 9.17) is 17.0 Å². The highest BCUT2D eigenvalue weighted by atomic mass is 32.1. The van der Waals surface area contributed by atoms with Crippen LogP contribution in [0.2, 0.25) is 0 Å². The van der Waals surface area contributed by atoms with Gasteiger partial charge in [0.1, 0.15) is 17.5 Å². The van der Waals surface area contributed by atoms with Crippen molar-refractivity contribution in [2.45, 2.75) is 32.4 Å². The molecule has 1 aliphatic heterocycles. The summed E-state index contributed by atoms with van der Waals surface area (Å²) in [5.74, 6) is -11.8. The predicted molar refractivity (Wildman–Crippen MR) is 141 cm³/mol. The first-order valence-electron chi connectivity index (χ1n) is 12.1. The molecular weight excluding hydrogens is 555 g/mol. The molecule has 3 aromatic carbocycles. The zero-order chi connectivity index (χ0) is 29.0. The fraction of sp³-hybridized carbons (Fsp3) is 0.222. The minimum Gasteiger partial charge on any atom is -0.494 e. The smallest absolute Gasteiger partial charge is 0.254 e. The molecule has 0 bridgehead atoms. The van der Waals surface area contributed by atoms with E-state index in [2.05, 4.69) is 10.7 Å². The molecule has 1 aliphatic rings. The molecule has 0 saturated carbocycles. The predicted octanol–water partition coefficient (Wildman–Crippen LogP) is 5.52. The zero-order valence-electron chi connectivity index (χ0n) is 21.0. The van der Waals surface area contributed by atoms with Crippen LogP contribution in [0.15, 0.2) is 54.6 Å². The molecule has 1 atom stereocenters. The molecule has 210 valence electrons. The van der Waals surface area contributed by atoms with Gasteiger partial charge in [-0.1, -0.05) is 37.3 Å². The van der Waals surface area contributed by atoms with E-state index in [1.165, 1.54) is 0 Å². The van der Waals surface area contributed by atoms with Gasteiger partial charge in [-0.05, 0) is 48.5 Å². The third-order valence-electron chi connectivity index (χ3n) is 5.91. The summed E-state index contributed by atoms with van der Waals surface area (Å²) in [6.07, 6.45) is 0.243. The summed E-state index contributed by atoms with van der Waals surface area (Å²) in [6.45, 7) is 2.40. The molecule has 7 nitrogen and oxygen atoms in total. The molecule has 0 aromatic heterocycles. The van der Waals surface area contributed by atoms with Gasteiger partial charge in [-0.2, -0.15) is 0 Å². The Morgan fingerprint density at radius 2 is 1.52 bits per heavy atom. The lowest BCUT2D eigenvalue weighted by atomic mass is 10.1. The summed E-state index contributed by atoms with van der Waals surface area (Å²) in [7, 11) is 0. The molecule has 0 spiro atoms. The topological polar surface area (TPSA) is 73.9 Å². The van der Waals surface area contributed by atoms with E-state index < -0.39 is 59.1 Å². The van der Waals surface area contributed by atoms with Gasteiger partial charge in [-0.15, -0.1) is 0 Å². The molecule has 40 heavy (non-hydrogen) atoms. The second kappa shape index (κ2) is 12.3. The largest absolute Gasteiger partial charge is 0.494 e. The number of hydrazine groups is 1. The zero-order valence-corrected chi connectivity index (χ0v) is 21.8. The summed E-state index contributed by atoms with van der Waals surface area (Å²) in [5, 5.41) is 3.03. The quantitative estimate of drug-likeness (QED) is 0.143. The van der Waals surface area contributed by atoms with Gasteiger partial charge in [0.05, 0.1) is 19.6 Å². The Hall–Kier alpha value is -4.26. The Balaban J connectivity index is 1.60. The molecule has 1 saturated heterocycles. The first-order valence-corrected chi connectivity index (χ1v) is 12.5. The number of benzene rings is 3. The fourth-order valence-corrected chi connectivity index (χ4v) is 4.26. The standard InChI is InChI=1S/C27H23F5N4O3S/c1-2-12-39-17-10-8-16(9-11-17)33-19(37)13-18-26(38)35(14-15-6-4-3-5-7-15)27(40)36(18)34-25-23(31)21(29)20(28)22(30)24(25)32/h3-11,18,34H,2,12-14H2,1H3,(H,33,37). The maximum absolute atomic E-state index is 14.5. The van der Waals surface area contributed by atoms with Crippen molar-refractivity contribution in [1.29, 1.82) is 0 Å². The van der Waals surface area contributed by atoms with Gasteiger partial charge in [0.15, 0.2) is 28.4 Å². The van der Waals surface area contributed by atoms with Gasteiger partial charge >= 0.3 is 0 Å². The van der Waals surface area contributed by atoms with Crippen LogP contribution in [0.25, 0.3) is 0 Å². The van der Waals surface area contributed by atoms with E-state index in [0.717, 1.165) is 16.3 Å². The van der Waals surface area contributed by atoms with Crippen molar-refractivity contribution in [2.24, 2.45) is 0 Å². The fourth-order valence-electron chi connectivity index (χ4n) is 3.93. The number of hydrogen-bond acceptors (Lipinski definition) is 5. The molecule has 13 heteroatoms. The number of rotatable bonds is 10. The van der Waals surface area contributed by atoms with Crippen LogP contribution in [0, 0.1) is 29.1 Å². The second-order valence-corrected chi connectivity index (χ2v) is 9.13. The van der Waals surface area contributed by atoms with Crippen molar-refractivity contribution < 1.29 is 36.3 Å². The van der Waals surface area contributed by atoms with Crippen LogP contribution in [0.1, 0.15) is 25.3 Å². The molecule has 2 N–H and O–H groups in total. The number of hydrogen-bond donors (Lipinski definition) is 2. The molecule has 2 amide bonds. The average molecular weight is 579 g/mol. The highest BCUT2D eigenvalue weighted by molar-refractivity contribution is 7.80. The maximum Gasteiger partial charge on any atom is 0.254 e. The van der Waals surface area contributed by atoms with Crippen LogP contribution in [0.4, 0.5) is 33.3 Å². The lowest BCUT2D eigenvalue weighted by Gasteiger charge is -2.26. The molecule has 1 heterocycles. The SMILES string of the molecule is CCCOc1ccc(NC(=O)CC2C(=O)N(Cc3ccccc3)C(=S)N2Nc2c(F)c(F)c(F)c(F)c2F)cc1. The van der Waals surface area contributed by atoms with E-state index in [1.54, 1.807) is 54.6 Å². The van der Waals surface area contributed by atoms with Gasteiger partial charge in [-0.25, -0.2) is 27.0 Å². The average Bonchev–Trinajstić information content (AvgIpc) is 3.16. The summed E-state index contributed by atoms with van der Waals surface area (Å²) in [6, 6.07) is 13.5. The van der Waals surface area contributed by atoms with Crippen molar-refractivity contribution in [3.05, 3.63) is 89.2 Å². The Bertz CT molecular complexity index is 1400. The first-order chi connectivity index (χ1) is 19.1. The van der Waals surface area contributed by atoms with Crippen LogP contribution in [-0.2, 0) is 16.1 Å². The Kier molecular flexibility index (Phi) is 8.83. The number of amides is 2. The highest BCUT2D eigenvalue weighted by Gasteiger charge is 2.45. The molecule has 1 fully saturated rings. The number of halogens is 5. The minimum atomic E-state index is -2.34. The third kappa shape index (κ3) is 5.98. The molecule has 1 unspecified atom stereocenters. The lowest BCUT2D eigenvalue weighted by molar-refractivity contribution is -0.130. The number of carbonyl (C=O) groups is 2. The number of nitrogens with zero attached hydrogens (tertiary/aromatic N) is 2. The van der Waals surface area contributed by atoms with Gasteiger partial charge in [0.2, 0.25) is 11.7 Å². The number of thiocarbonyl (C=S) groups is 1. The monoisotopic (exact) mass is 578 g/mol. The number of anilines is 2. The van der Waals surface area contributed by atoms with E-state index >= 15 is 0 Å². The third-order valence-corrected chi connectivity index (χ3v) is 6.33. The molecule has 0 aliphatic carbocycles. The Labute approximate surface area is 231 Å². The summed E-state index contributed by atoms with van der Waals surface area (Å²) in [5.41, 5.74) is 1.67. The van der Waals surface area contributed by atoms with Crippen LogP contribution >= 0.6 is 12.2 Å². The van der Waals surface area contributed by atoms with E-state index in [9.17, 15) is 31.5 Å². The highest BCUT2D eigenvalue weighted by Crippen LogP contribution is 2.31. The van der Waals surface area contributed by atoms with E-state index in [1.807, 2.05) is 6.92 Å².